The van der Waals surface area contributed by atoms with Crippen molar-refractivity contribution >= 4 is 5.91 Å². The van der Waals surface area contributed by atoms with Gasteiger partial charge in [0.05, 0.1) is 17.7 Å². The van der Waals surface area contributed by atoms with Crippen molar-refractivity contribution in [1.82, 2.24) is 19.9 Å². The predicted molar refractivity (Wildman–Crippen MR) is 84.7 cm³/mol. The van der Waals surface area contributed by atoms with Crippen molar-refractivity contribution in [2.24, 2.45) is 0 Å². The Bertz CT molecular complexity index is 784. The number of ether oxygens (including phenoxy) is 2. The number of fused-ring (bicyclic) bond motifs is 1. The predicted octanol–water partition coefficient (Wildman–Crippen LogP) is 1.56. The Kier molecular flexibility index (Phi) is 3.68. The summed E-state index contributed by atoms with van der Waals surface area (Å²) in [6.45, 7) is 3.17. The van der Waals surface area contributed by atoms with Gasteiger partial charge in [0.25, 0.3) is 5.91 Å². The molecule has 1 N–H and O–H groups in total. The summed E-state index contributed by atoms with van der Waals surface area (Å²) in [5.74, 6) is 0.622. The largest absolute Gasteiger partial charge is 0.491 e. The van der Waals surface area contributed by atoms with Crippen LogP contribution in [0.3, 0.4) is 0 Å². The monoisotopic (exact) mass is 326 g/mol. The van der Waals surface area contributed by atoms with Crippen molar-refractivity contribution < 1.29 is 14.3 Å². The van der Waals surface area contributed by atoms with Crippen LogP contribution < -0.4 is 0 Å². The fourth-order valence-electron chi connectivity index (χ4n) is 3.18. The third-order valence-corrected chi connectivity index (χ3v) is 4.32. The van der Waals surface area contributed by atoms with Crippen LogP contribution in [0.2, 0.25) is 0 Å². The average molecular weight is 326 g/mol. The van der Waals surface area contributed by atoms with Gasteiger partial charge in [0.15, 0.2) is 0 Å². The lowest BCUT2D eigenvalue weighted by atomic mass is 9.99. The second-order valence-electron chi connectivity index (χ2n) is 5.75. The number of H-pyrrole nitrogens is 1. The number of nitrogens with one attached hydrogen (secondary N) is 1. The number of pyridine rings is 1. The topological polar surface area (TPSA) is 80.3 Å². The number of hydrogen-bond donors (Lipinski definition) is 1. The lowest BCUT2D eigenvalue weighted by molar-refractivity contribution is -0.135. The van der Waals surface area contributed by atoms with Gasteiger partial charge in [-0.15, -0.1) is 0 Å². The van der Waals surface area contributed by atoms with Gasteiger partial charge in [0.1, 0.15) is 25.0 Å². The molecule has 4 rings (SSSR count). The number of hydrogen-bond acceptors (Lipinski definition) is 5. The van der Waals surface area contributed by atoms with Crippen molar-refractivity contribution in [3.8, 4) is 0 Å². The molecule has 0 bridgehead atoms. The molecular weight excluding hydrogens is 308 g/mol. The molecule has 0 spiro atoms. The molecule has 0 saturated heterocycles. The van der Waals surface area contributed by atoms with Gasteiger partial charge in [-0.2, -0.15) is 0 Å². The molecule has 4 heterocycles. The van der Waals surface area contributed by atoms with E-state index in [1.54, 1.807) is 24.3 Å². The average Bonchev–Trinajstić information content (AvgIpc) is 3.10. The van der Waals surface area contributed by atoms with Crippen LogP contribution in [0.1, 0.15) is 30.0 Å². The van der Waals surface area contributed by atoms with Crippen LogP contribution in [0, 0.1) is 0 Å². The zero-order valence-corrected chi connectivity index (χ0v) is 13.4. The summed E-state index contributed by atoms with van der Waals surface area (Å²) in [5.41, 5.74) is 2.67. The third-order valence-electron chi connectivity index (χ3n) is 4.32. The van der Waals surface area contributed by atoms with Gasteiger partial charge in [-0.25, -0.2) is 4.98 Å². The maximum absolute atomic E-state index is 13.1. The first-order chi connectivity index (χ1) is 11.8. The minimum absolute atomic E-state index is 0.184. The number of aromatic amines is 1. The lowest BCUT2D eigenvalue weighted by Crippen LogP contribution is -2.43. The van der Waals surface area contributed by atoms with Crippen molar-refractivity contribution in [3.05, 3.63) is 59.3 Å². The van der Waals surface area contributed by atoms with Gasteiger partial charge in [0, 0.05) is 24.9 Å². The summed E-state index contributed by atoms with van der Waals surface area (Å²) in [4.78, 5) is 26.9. The number of nitrogens with zero attached hydrogens (tertiary/aromatic N) is 3. The molecule has 2 aliphatic heterocycles. The number of carbonyl (C=O) groups excluding carboxylic acids is 1. The number of amides is 1. The number of aromatic nitrogens is 3. The number of imidazole rings is 1. The number of carbonyl (C=O) groups is 1. The maximum Gasteiger partial charge on any atom is 0.293 e. The Hall–Kier alpha value is -2.83. The quantitative estimate of drug-likeness (QED) is 0.906. The van der Waals surface area contributed by atoms with E-state index >= 15 is 0 Å². The first-order valence-corrected chi connectivity index (χ1v) is 7.96. The molecule has 0 radical (unpaired) electrons. The molecule has 2 aromatic rings. The molecule has 0 saturated carbocycles. The minimum atomic E-state index is -0.334. The lowest BCUT2D eigenvalue weighted by Gasteiger charge is -2.35. The van der Waals surface area contributed by atoms with E-state index in [9.17, 15) is 4.79 Å². The van der Waals surface area contributed by atoms with Gasteiger partial charge in [-0.3, -0.25) is 9.78 Å². The molecule has 0 aromatic carbocycles. The second kappa shape index (κ2) is 5.99. The standard InChI is InChI=1S/C17H18N4O3/c1-11-16(24-9-8-23-11)17(22)21-7-5-12-14(20-10-19-12)15(21)13-4-2-3-6-18-13/h2-4,6,10,15H,5,7-9H2,1H3,(H,19,20). The highest BCUT2D eigenvalue weighted by Gasteiger charge is 2.37. The zero-order valence-electron chi connectivity index (χ0n) is 13.4. The molecule has 7 nitrogen and oxygen atoms in total. The summed E-state index contributed by atoms with van der Waals surface area (Å²) in [6, 6.07) is 5.35. The Balaban J connectivity index is 1.75. The molecule has 2 aromatic heterocycles. The number of allylic oxidation sites excluding steroid dienone is 1. The molecule has 1 amide bonds. The van der Waals surface area contributed by atoms with Crippen molar-refractivity contribution in [2.45, 2.75) is 19.4 Å². The van der Waals surface area contributed by atoms with Crippen LogP contribution in [0.25, 0.3) is 0 Å². The normalized spacial score (nSPS) is 20.2. The Morgan fingerprint density at radius 3 is 2.96 bits per heavy atom. The van der Waals surface area contributed by atoms with E-state index in [0.717, 1.165) is 23.5 Å². The van der Waals surface area contributed by atoms with Crippen LogP contribution in [0.4, 0.5) is 0 Å². The Morgan fingerprint density at radius 1 is 1.29 bits per heavy atom. The summed E-state index contributed by atoms with van der Waals surface area (Å²) >= 11 is 0. The highest BCUT2D eigenvalue weighted by molar-refractivity contribution is 5.92. The summed E-state index contributed by atoms with van der Waals surface area (Å²) in [6.07, 6.45) is 4.11. The molecule has 0 aliphatic carbocycles. The summed E-state index contributed by atoms with van der Waals surface area (Å²) < 4.78 is 11.0. The van der Waals surface area contributed by atoms with E-state index in [1.807, 2.05) is 18.2 Å². The van der Waals surface area contributed by atoms with Crippen LogP contribution >= 0.6 is 0 Å². The van der Waals surface area contributed by atoms with Crippen LogP contribution in [0.5, 0.6) is 0 Å². The van der Waals surface area contributed by atoms with Gasteiger partial charge >= 0.3 is 0 Å². The first-order valence-electron chi connectivity index (χ1n) is 7.96. The third kappa shape index (κ3) is 2.42. The molecule has 7 heteroatoms. The van der Waals surface area contributed by atoms with E-state index in [4.69, 9.17) is 9.47 Å². The van der Waals surface area contributed by atoms with Gasteiger partial charge < -0.3 is 19.4 Å². The van der Waals surface area contributed by atoms with Crippen molar-refractivity contribution in [3.63, 3.8) is 0 Å². The highest BCUT2D eigenvalue weighted by Crippen LogP contribution is 2.34. The number of rotatable bonds is 2. The van der Waals surface area contributed by atoms with E-state index in [1.165, 1.54) is 0 Å². The van der Waals surface area contributed by atoms with E-state index in [0.29, 0.717) is 25.5 Å². The molecule has 124 valence electrons. The van der Waals surface area contributed by atoms with E-state index in [2.05, 4.69) is 15.0 Å². The molecule has 1 atom stereocenters. The summed E-state index contributed by atoms with van der Waals surface area (Å²) in [5, 5.41) is 0. The van der Waals surface area contributed by atoms with Crippen LogP contribution in [0.15, 0.2) is 42.2 Å². The summed E-state index contributed by atoms with van der Waals surface area (Å²) in [7, 11) is 0. The van der Waals surface area contributed by atoms with Crippen molar-refractivity contribution in [2.75, 3.05) is 19.8 Å². The van der Waals surface area contributed by atoms with Gasteiger partial charge in [-0.1, -0.05) is 6.07 Å². The van der Waals surface area contributed by atoms with Gasteiger partial charge in [0.2, 0.25) is 5.76 Å². The molecule has 2 aliphatic rings. The fourth-order valence-corrected chi connectivity index (χ4v) is 3.18. The van der Waals surface area contributed by atoms with Crippen LogP contribution in [-0.2, 0) is 20.7 Å². The first kappa shape index (κ1) is 14.7. The molecule has 0 fully saturated rings. The smallest absolute Gasteiger partial charge is 0.293 e. The van der Waals surface area contributed by atoms with E-state index < -0.39 is 0 Å². The highest BCUT2D eigenvalue weighted by atomic mass is 16.6. The maximum atomic E-state index is 13.1. The molecule has 24 heavy (non-hydrogen) atoms. The van der Waals surface area contributed by atoms with Crippen molar-refractivity contribution in [1.29, 1.82) is 0 Å². The molecule has 1 unspecified atom stereocenters. The minimum Gasteiger partial charge on any atom is -0.491 e. The SMILES string of the molecule is CC1=C(C(=O)N2CCc3[nH]cnc3C2c2ccccn2)OCCO1. The second-order valence-corrected chi connectivity index (χ2v) is 5.75. The Labute approximate surface area is 139 Å². The van der Waals surface area contributed by atoms with Gasteiger partial charge in [-0.05, 0) is 19.1 Å². The Morgan fingerprint density at radius 2 is 2.17 bits per heavy atom. The fraction of sp³-hybridized carbons (Fsp3) is 0.353. The zero-order chi connectivity index (χ0) is 16.5. The van der Waals surface area contributed by atoms with Crippen LogP contribution in [-0.4, -0.2) is 45.5 Å². The molecular formula is C17H18N4O3. The van der Waals surface area contributed by atoms with E-state index in [-0.39, 0.29) is 17.7 Å².